The molecule has 0 saturated heterocycles. The molecule has 0 unspecified atom stereocenters. The summed E-state index contributed by atoms with van der Waals surface area (Å²) < 4.78 is 3.41. The van der Waals surface area contributed by atoms with Crippen LogP contribution >= 0.6 is 0 Å². The van der Waals surface area contributed by atoms with Crippen molar-refractivity contribution >= 4 is 0 Å². The van der Waals surface area contributed by atoms with Gasteiger partial charge in [-0.3, -0.25) is 14.1 Å². The van der Waals surface area contributed by atoms with Gasteiger partial charge in [-0.1, -0.05) is 13.0 Å². The first kappa shape index (κ1) is 12.6. The third kappa shape index (κ3) is 2.51. The molecule has 0 spiro atoms. The summed E-state index contributed by atoms with van der Waals surface area (Å²) >= 11 is 0. The quantitative estimate of drug-likeness (QED) is 0.854. The number of imidazole rings is 1. The van der Waals surface area contributed by atoms with Crippen LogP contribution in [0.4, 0.5) is 0 Å². The Balaban J connectivity index is 2.26. The second-order valence-corrected chi connectivity index (χ2v) is 4.22. The van der Waals surface area contributed by atoms with Crippen LogP contribution in [0.1, 0.15) is 24.6 Å². The molecule has 2 aromatic rings. The summed E-state index contributed by atoms with van der Waals surface area (Å²) in [5.41, 5.74) is 7.49. The summed E-state index contributed by atoms with van der Waals surface area (Å²) in [6.45, 7) is 3.72. The van der Waals surface area contributed by atoms with E-state index in [4.69, 9.17) is 5.73 Å². The third-order valence-electron chi connectivity index (χ3n) is 2.90. The lowest BCUT2D eigenvalue weighted by Crippen LogP contribution is -2.25. The predicted molar refractivity (Wildman–Crippen MR) is 70.2 cm³/mol. The number of nitrogens with zero attached hydrogens (tertiary/aromatic N) is 3. The average molecular weight is 246 g/mol. The molecule has 0 bridgehead atoms. The van der Waals surface area contributed by atoms with Crippen LogP contribution < -0.4 is 11.4 Å². The lowest BCUT2D eigenvalue weighted by molar-refractivity contribution is 0.622. The van der Waals surface area contributed by atoms with Crippen molar-refractivity contribution in [3.8, 4) is 0 Å². The van der Waals surface area contributed by atoms with Gasteiger partial charge < -0.3 is 5.73 Å². The van der Waals surface area contributed by atoms with Crippen molar-refractivity contribution in [3.63, 3.8) is 0 Å². The Hall–Kier alpha value is -1.88. The number of hydrogen-bond donors (Lipinski definition) is 1. The summed E-state index contributed by atoms with van der Waals surface area (Å²) in [5, 5.41) is 0. The number of aryl methyl sites for hydroxylation is 1. The normalized spacial score (nSPS) is 10.8. The van der Waals surface area contributed by atoms with Crippen molar-refractivity contribution in [2.75, 3.05) is 0 Å². The van der Waals surface area contributed by atoms with Crippen LogP contribution in [0, 0.1) is 0 Å². The van der Waals surface area contributed by atoms with Gasteiger partial charge in [0.25, 0.3) is 0 Å². The van der Waals surface area contributed by atoms with E-state index in [1.54, 1.807) is 15.3 Å². The molecule has 0 atom stereocenters. The van der Waals surface area contributed by atoms with E-state index in [1.165, 1.54) is 0 Å². The van der Waals surface area contributed by atoms with Gasteiger partial charge in [-0.15, -0.1) is 0 Å². The number of aromatic nitrogens is 3. The Kier molecular flexibility index (Phi) is 3.94. The summed E-state index contributed by atoms with van der Waals surface area (Å²) in [6.07, 6.45) is 6.30. The number of hydrogen-bond acceptors (Lipinski definition) is 3. The first-order valence-corrected chi connectivity index (χ1v) is 6.14. The Morgan fingerprint density at radius 3 is 2.83 bits per heavy atom. The zero-order valence-corrected chi connectivity index (χ0v) is 10.5. The van der Waals surface area contributed by atoms with Gasteiger partial charge in [-0.05, 0) is 18.1 Å². The highest BCUT2D eigenvalue weighted by molar-refractivity contribution is 5.20. The first-order valence-electron chi connectivity index (χ1n) is 6.14. The molecule has 0 saturated carbocycles. The van der Waals surface area contributed by atoms with Crippen molar-refractivity contribution in [3.05, 3.63) is 52.5 Å². The number of nitrogens with two attached hydrogens (primary N) is 1. The molecule has 96 valence electrons. The summed E-state index contributed by atoms with van der Waals surface area (Å²) in [4.78, 5) is 16.3. The van der Waals surface area contributed by atoms with E-state index >= 15 is 0 Å². The SMILES string of the molecule is CCCn1ccn(Cc2cccnc2CN)c1=O. The summed E-state index contributed by atoms with van der Waals surface area (Å²) in [6, 6.07) is 3.82. The molecule has 2 aromatic heterocycles. The van der Waals surface area contributed by atoms with Gasteiger partial charge in [0, 0.05) is 31.7 Å². The van der Waals surface area contributed by atoms with Gasteiger partial charge in [0.2, 0.25) is 0 Å². The van der Waals surface area contributed by atoms with Gasteiger partial charge in [0.1, 0.15) is 0 Å². The molecule has 0 aliphatic heterocycles. The minimum absolute atomic E-state index is 0.0173. The number of pyridine rings is 1. The van der Waals surface area contributed by atoms with Crippen molar-refractivity contribution in [1.82, 2.24) is 14.1 Å². The predicted octanol–water partition coefficient (Wildman–Crippen LogP) is 0.962. The molecule has 0 amide bonds. The van der Waals surface area contributed by atoms with Crippen molar-refractivity contribution in [2.24, 2.45) is 5.73 Å². The topological polar surface area (TPSA) is 65.8 Å². The zero-order chi connectivity index (χ0) is 13.0. The van der Waals surface area contributed by atoms with Crippen molar-refractivity contribution in [2.45, 2.75) is 33.0 Å². The Labute approximate surface area is 106 Å². The Morgan fingerprint density at radius 1 is 1.33 bits per heavy atom. The van der Waals surface area contributed by atoms with E-state index in [-0.39, 0.29) is 5.69 Å². The van der Waals surface area contributed by atoms with Crippen LogP contribution in [0.3, 0.4) is 0 Å². The standard InChI is InChI=1S/C13H18N4O/c1-2-6-16-7-8-17(13(16)18)10-11-4-3-5-15-12(11)9-14/h3-5,7-8H,2,6,9-10,14H2,1H3. The van der Waals surface area contributed by atoms with E-state index in [2.05, 4.69) is 11.9 Å². The molecular weight excluding hydrogens is 228 g/mol. The van der Waals surface area contributed by atoms with Gasteiger partial charge in [-0.25, -0.2) is 4.79 Å². The molecule has 2 heterocycles. The van der Waals surface area contributed by atoms with E-state index < -0.39 is 0 Å². The Bertz CT molecular complexity index is 570. The van der Waals surface area contributed by atoms with Crippen molar-refractivity contribution < 1.29 is 0 Å². The van der Waals surface area contributed by atoms with Gasteiger partial charge in [0.05, 0.1) is 12.2 Å². The molecule has 0 fully saturated rings. The molecule has 5 heteroatoms. The monoisotopic (exact) mass is 246 g/mol. The molecule has 0 aliphatic rings. The first-order chi connectivity index (χ1) is 8.76. The van der Waals surface area contributed by atoms with Gasteiger partial charge >= 0.3 is 5.69 Å². The Morgan fingerprint density at radius 2 is 2.11 bits per heavy atom. The van der Waals surface area contributed by atoms with Crippen molar-refractivity contribution in [1.29, 1.82) is 0 Å². The average Bonchev–Trinajstić information content (AvgIpc) is 2.73. The van der Waals surface area contributed by atoms with E-state index in [9.17, 15) is 4.79 Å². The molecule has 0 radical (unpaired) electrons. The minimum atomic E-state index is 0.0173. The molecule has 2 rings (SSSR count). The smallest absolute Gasteiger partial charge is 0.325 e. The van der Waals surface area contributed by atoms with Crippen LogP contribution in [0.5, 0.6) is 0 Å². The highest BCUT2D eigenvalue weighted by Crippen LogP contribution is 2.06. The largest absolute Gasteiger partial charge is 0.328 e. The fourth-order valence-electron chi connectivity index (χ4n) is 1.97. The van der Waals surface area contributed by atoms with Gasteiger partial charge in [0.15, 0.2) is 0 Å². The van der Waals surface area contributed by atoms with E-state index in [1.807, 2.05) is 24.5 Å². The van der Waals surface area contributed by atoms with Crippen LogP contribution in [0.25, 0.3) is 0 Å². The van der Waals surface area contributed by atoms with Crippen LogP contribution in [-0.2, 0) is 19.6 Å². The van der Waals surface area contributed by atoms with E-state index in [0.717, 1.165) is 24.2 Å². The van der Waals surface area contributed by atoms with Crippen LogP contribution in [0.15, 0.2) is 35.5 Å². The van der Waals surface area contributed by atoms with Gasteiger partial charge in [-0.2, -0.15) is 0 Å². The lowest BCUT2D eigenvalue weighted by Gasteiger charge is -2.06. The molecular formula is C13H18N4O. The fraction of sp³-hybridized carbons (Fsp3) is 0.385. The minimum Gasteiger partial charge on any atom is -0.325 e. The van der Waals surface area contributed by atoms with Crippen LogP contribution in [-0.4, -0.2) is 14.1 Å². The van der Waals surface area contributed by atoms with Crippen LogP contribution in [0.2, 0.25) is 0 Å². The number of rotatable bonds is 5. The summed E-state index contributed by atoms with van der Waals surface area (Å²) in [7, 11) is 0. The zero-order valence-electron chi connectivity index (χ0n) is 10.5. The maximum Gasteiger partial charge on any atom is 0.328 e. The molecule has 2 N–H and O–H groups in total. The molecule has 0 aliphatic carbocycles. The lowest BCUT2D eigenvalue weighted by atomic mass is 10.2. The van der Waals surface area contributed by atoms with E-state index in [0.29, 0.717) is 13.1 Å². The third-order valence-corrected chi connectivity index (χ3v) is 2.90. The highest BCUT2D eigenvalue weighted by atomic mass is 16.1. The molecule has 5 nitrogen and oxygen atoms in total. The highest BCUT2D eigenvalue weighted by Gasteiger charge is 2.06. The maximum absolute atomic E-state index is 12.0. The molecule has 18 heavy (non-hydrogen) atoms. The second-order valence-electron chi connectivity index (χ2n) is 4.22. The summed E-state index contributed by atoms with van der Waals surface area (Å²) in [5.74, 6) is 0. The second kappa shape index (κ2) is 5.64. The fourth-order valence-corrected chi connectivity index (χ4v) is 1.97. The molecule has 0 aromatic carbocycles. The maximum atomic E-state index is 12.0.